The molecule has 3 rings (SSSR count). The summed E-state index contributed by atoms with van der Waals surface area (Å²) >= 11 is 0. The molecule has 0 saturated carbocycles. The zero-order valence-corrected chi connectivity index (χ0v) is 16.8. The lowest BCUT2D eigenvalue weighted by Crippen LogP contribution is -2.24. The highest BCUT2D eigenvalue weighted by atomic mass is 19.1. The Balaban J connectivity index is 1.43. The fourth-order valence-corrected chi connectivity index (χ4v) is 2.56. The van der Waals surface area contributed by atoms with Crippen molar-refractivity contribution < 1.29 is 18.7 Å². The summed E-state index contributed by atoms with van der Waals surface area (Å²) in [5, 5.41) is 9.23. The SMILES string of the molecule is Cc1ccccc1NC(=O)NN=Cc1ccc(OCC(=O)Nc2ccc(F)cc2)cc1. The van der Waals surface area contributed by atoms with Crippen LogP contribution in [0.2, 0.25) is 0 Å². The van der Waals surface area contributed by atoms with E-state index in [0.29, 0.717) is 17.1 Å². The Bertz CT molecular complexity index is 1070. The van der Waals surface area contributed by atoms with Crippen LogP contribution >= 0.6 is 0 Å². The second kappa shape index (κ2) is 10.5. The van der Waals surface area contributed by atoms with Crippen LogP contribution in [0.4, 0.5) is 20.6 Å². The zero-order valence-electron chi connectivity index (χ0n) is 16.8. The van der Waals surface area contributed by atoms with Gasteiger partial charge in [0.15, 0.2) is 6.61 Å². The quantitative estimate of drug-likeness (QED) is 0.393. The van der Waals surface area contributed by atoms with Crippen LogP contribution in [0, 0.1) is 12.7 Å². The van der Waals surface area contributed by atoms with Crippen LogP contribution in [0.25, 0.3) is 0 Å². The number of carbonyl (C=O) groups excluding carboxylic acids is 2. The van der Waals surface area contributed by atoms with Crippen LogP contribution in [0.3, 0.4) is 0 Å². The summed E-state index contributed by atoms with van der Waals surface area (Å²) in [7, 11) is 0. The molecule has 0 aliphatic heterocycles. The second-order valence-corrected chi connectivity index (χ2v) is 6.55. The molecular formula is C23H21FN4O3. The zero-order chi connectivity index (χ0) is 22.1. The number of hydrogen-bond acceptors (Lipinski definition) is 4. The van der Waals surface area contributed by atoms with E-state index in [0.717, 1.165) is 11.1 Å². The van der Waals surface area contributed by atoms with E-state index in [4.69, 9.17) is 4.74 Å². The van der Waals surface area contributed by atoms with Gasteiger partial charge < -0.3 is 15.4 Å². The Morgan fingerprint density at radius 3 is 2.39 bits per heavy atom. The number of ether oxygens (including phenoxy) is 1. The molecule has 0 aromatic heterocycles. The van der Waals surface area contributed by atoms with Gasteiger partial charge in [0.05, 0.1) is 6.21 Å². The number of urea groups is 1. The first-order valence-electron chi connectivity index (χ1n) is 9.43. The largest absolute Gasteiger partial charge is 0.484 e. The Labute approximate surface area is 178 Å². The van der Waals surface area contributed by atoms with Crippen molar-refractivity contribution >= 4 is 29.5 Å². The number of anilines is 2. The predicted octanol–water partition coefficient (Wildman–Crippen LogP) is 4.31. The summed E-state index contributed by atoms with van der Waals surface area (Å²) in [5.74, 6) is -0.238. The van der Waals surface area contributed by atoms with Gasteiger partial charge in [-0.2, -0.15) is 5.10 Å². The molecule has 3 N–H and O–H groups in total. The monoisotopic (exact) mass is 420 g/mol. The van der Waals surface area contributed by atoms with Gasteiger partial charge in [0.25, 0.3) is 5.91 Å². The lowest BCUT2D eigenvalue weighted by Gasteiger charge is -2.08. The van der Waals surface area contributed by atoms with Crippen molar-refractivity contribution in [2.24, 2.45) is 5.10 Å². The number of rotatable bonds is 7. The van der Waals surface area contributed by atoms with E-state index in [1.54, 1.807) is 30.3 Å². The highest BCUT2D eigenvalue weighted by Gasteiger charge is 2.05. The molecule has 0 unspecified atom stereocenters. The van der Waals surface area contributed by atoms with Gasteiger partial charge in [-0.1, -0.05) is 18.2 Å². The van der Waals surface area contributed by atoms with Gasteiger partial charge in [-0.05, 0) is 72.6 Å². The summed E-state index contributed by atoms with van der Waals surface area (Å²) in [5.41, 5.74) is 5.28. The Morgan fingerprint density at radius 1 is 0.968 bits per heavy atom. The van der Waals surface area contributed by atoms with Gasteiger partial charge in [0.1, 0.15) is 11.6 Å². The number of nitrogens with one attached hydrogen (secondary N) is 3. The fourth-order valence-electron chi connectivity index (χ4n) is 2.56. The lowest BCUT2D eigenvalue weighted by atomic mass is 10.2. The topological polar surface area (TPSA) is 91.8 Å². The number of para-hydroxylation sites is 1. The first-order chi connectivity index (χ1) is 15.0. The minimum Gasteiger partial charge on any atom is -0.484 e. The Morgan fingerprint density at radius 2 is 1.68 bits per heavy atom. The number of carbonyl (C=O) groups is 2. The number of hydrazone groups is 1. The maximum absolute atomic E-state index is 12.9. The molecule has 0 aliphatic carbocycles. The molecule has 0 spiro atoms. The first-order valence-corrected chi connectivity index (χ1v) is 9.43. The summed E-state index contributed by atoms with van der Waals surface area (Å²) < 4.78 is 18.3. The lowest BCUT2D eigenvalue weighted by molar-refractivity contribution is -0.118. The third-order valence-corrected chi connectivity index (χ3v) is 4.15. The molecule has 0 radical (unpaired) electrons. The highest BCUT2D eigenvalue weighted by Crippen LogP contribution is 2.13. The van der Waals surface area contributed by atoms with Crippen molar-refractivity contribution in [2.45, 2.75) is 6.92 Å². The number of aryl methyl sites for hydroxylation is 1. The summed E-state index contributed by atoms with van der Waals surface area (Å²) in [6.45, 7) is 1.71. The van der Waals surface area contributed by atoms with Crippen molar-refractivity contribution in [2.75, 3.05) is 17.2 Å². The number of benzene rings is 3. The van der Waals surface area contributed by atoms with Crippen molar-refractivity contribution in [1.29, 1.82) is 0 Å². The summed E-state index contributed by atoms with van der Waals surface area (Å²) in [6.07, 6.45) is 1.49. The van der Waals surface area contributed by atoms with Crippen LogP contribution < -0.4 is 20.8 Å². The van der Waals surface area contributed by atoms with Gasteiger partial charge >= 0.3 is 6.03 Å². The molecule has 0 bridgehead atoms. The highest BCUT2D eigenvalue weighted by molar-refractivity contribution is 5.92. The predicted molar refractivity (Wildman–Crippen MR) is 118 cm³/mol. The van der Waals surface area contributed by atoms with Crippen LogP contribution in [-0.4, -0.2) is 24.8 Å². The number of amides is 3. The minimum atomic E-state index is -0.447. The molecule has 8 heteroatoms. The van der Waals surface area contributed by atoms with Crippen molar-refractivity contribution in [1.82, 2.24) is 5.43 Å². The molecule has 0 fully saturated rings. The maximum atomic E-state index is 12.9. The van der Waals surface area contributed by atoms with Gasteiger partial charge in [-0.15, -0.1) is 0 Å². The van der Waals surface area contributed by atoms with Crippen molar-refractivity contribution in [3.63, 3.8) is 0 Å². The molecule has 158 valence electrons. The number of nitrogens with zero attached hydrogens (tertiary/aromatic N) is 1. The van der Waals surface area contributed by atoms with Gasteiger partial charge in [-0.3, -0.25) is 4.79 Å². The maximum Gasteiger partial charge on any atom is 0.339 e. The van der Waals surface area contributed by atoms with E-state index in [2.05, 4.69) is 21.2 Å². The molecule has 3 aromatic carbocycles. The second-order valence-electron chi connectivity index (χ2n) is 6.55. The normalized spacial score (nSPS) is 10.5. The summed E-state index contributed by atoms with van der Waals surface area (Å²) in [6, 6.07) is 19.3. The molecule has 0 aliphatic rings. The van der Waals surface area contributed by atoms with E-state index in [9.17, 15) is 14.0 Å². The van der Waals surface area contributed by atoms with Gasteiger partial charge in [0, 0.05) is 11.4 Å². The summed E-state index contributed by atoms with van der Waals surface area (Å²) in [4.78, 5) is 23.8. The third-order valence-electron chi connectivity index (χ3n) is 4.15. The minimum absolute atomic E-state index is 0.189. The molecule has 0 heterocycles. The van der Waals surface area contributed by atoms with Gasteiger partial charge in [-0.25, -0.2) is 14.6 Å². The number of halogens is 1. The molecule has 7 nitrogen and oxygen atoms in total. The average Bonchev–Trinajstić information content (AvgIpc) is 2.76. The fraction of sp³-hybridized carbons (Fsp3) is 0.0870. The van der Waals surface area contributed by atoms with Crippen molar-refractivity contribution in [3.8, 4) is 5.75 Å². The van der Waals surface area contributed by atoms with E-state index in [1.165, 1.54) is 30.5 Å². The van der Waals surface area contributed by atoms with E-state index in [1.807, 2.05) is 25.1 Å². The molecule has 3 aromatic rings. The molecule has 0 saturated heterocycles. The van der Waals surface area contributed by atoms with Crippen LogP contribution in [0.15, 0.2) is 77.9 Å². The van der Waals surface area contributed by atoms with Crippen LogP contribution in [0.1, 0.15) is 11.1 Å². The Kier molecular flexibility index (Phi) is 7.31. The van der Waals surface area contributed by atoms with Crippen LogP contribution in [0.5, 0.6) is 5.75 Å². The molecule has 3 amide bonds. The van der Waals surface area contributed by atoms with Crippen molar-refractivity contribution in [3.05, 3.63) is 89.7 Å². The first kappa shape index (κ1) is 21.5. The number of hydrogen-bond donors (Lipinski definition) is 3. The molecule has 31 heavy (non-hydrogen) atoms. The third kappa shape index (κ3) is 6.97. The molecular weight excluding hydrogens is 399 g/mol. The smallest absolute Gasteiger partial charge is 0.339 e. The van der Waals surface area contributed by atoms with E-state index in [-0.39, 0.29) is 18.3 Å². The Hall–Kier alpha value is -4.20. The molecule has 0 atom stereocenters. The van der Waals surface area contributed by atoms with E-state index < -0.39 is 6.03 Å². The van der Waals surface area contributed by atoms with Gasteiger partial charge in [0.2, 0.25) is 0 Å². The average molecular weight is 420 g/mol. The van der Waals surface area contributed by atoms with Crippen LogP contribution in [-0.2, 0) is 4.79 Å². The van der Waals surface area contributed by atoms with E-state index >= 15 is 0 Å². The standard InChI is InChI=1S/C23H21FN4O3/c1-16-4-2-3-5-21(16)27-23(30)28-25-14-17-6-12-20(13-7-17)31-15-22(29)26-19-10-8-18(24)9-11-19/h2-14H,15H2,1H3,(H,26,29)(H2,27,28,30).